The summed E-state index contributed by atoms with van der Waals surface area (Å²) in [5.41, 5.74) is 0.998. The van der Waals surface area contributed by atoms with Crippen molar-refractivity contribution in [1.29, 1.82) is 0 Å². The first-order valence-electron chi connectivity index (χ1n) is 6.25. The summed E-state index contributed by atoms with van der Waals surface area (Å²) in [6.45, 7) is 0.479. The second-order valence-corrected chi connectivity index (χ2v) is 6.10. The molecule has 3 rings (SSSR count). The van der Waals surface area contributed by atoms with Crippen molar-refractivity contribution >= 4 is 22.2 Å². The van der Waals surface area contributed by atoms with Gasteiger partial charge in [0, 0.05) is 6.20 Å². The maximum atomic E-state index is 11.9. The van der Waals surface area contributed by atoms with E-state index in [1.807, 2.05) is 24.3 Å². The molecule has 1 aromatic heterocycles. The largest absolute Gasteiger partial charge is 0.497 e. The Morgan fingerprint density at radius 3 is 2.67 bits per heavy atom. The molecule has 0 unspecified atom stereocenters. The van der Waals surface area contributed by atoms with Crippen LogP contribution in [0.4, 0.5) is 5.82 Å². The van der Waals surface area contributed by atoms with E-state index in [0.29, 0.717) is 12.4 Å². The molecular formula is C14H13N3O3S. The Bertz CT molecular complexity index is 785. The molecular weight excluding hydrogens is 290 g/mol. The maximum Gasteiger partial charge on any atom is 0.287 e. The number of methoxy groups -OCH3 is 1. The SMILES string of the molecule is COc1ccc(CN2C=NS(=O)(=O)c3cccnc32)cc1. The summed E-state index contributed by atoms with van der Waals surface area (Å²) in [6.07, 6.45) is 2.86. The topological polar surface area (TPSA) is 71.9 Å². The van der Waals surface area contributed by atoms with Crippen LogP contribution >= 0.6 is 0 Å². The number of hydrogen-bond acceptors (Lipinski definition) is 5. The predicted octanol–water partition coefficient (Wildman–Crippen LogP) is 1.83. The molecule has 0 saturated carbocycles. The van der Waals surface area contributed by atoms with E-state index in [2.05, 4.69) is 9.38 Å². The molecule has 0 bridgehead atoms. The third-order valence-corrected chi connectivity index (χ3v) is 4.38. The van der Waals surface area contributed by atoms with Gasteiger partial charge in [0.1, 0.15) is 17.0 Å². The van der Waals surface area contributed by atoms with Crippen molar-refractivity contribution < 1.29 is 13.2 Å². The second-order valence-electron chi connectivity index (χ2n) is 4.50. The smallest absolute Gasteiger partial charge is 0.287 e. The van der Waals surface area contributed by atoms with Gasteiger partial charge in [-0.25, -0.2) is 4.98 Å². The van der Waals surface area contributed by atoms with Crippen LogP contribution in [0.1, 0.15) is 5.56 Å². The fourth-order valence-electron chi connectivity index (χ4n) is 2.07. The van der Waals surface area contributed by atoms with Crippen molar-refractivity contribution in [3.8, 4) is 5.75 Å². The molecule has 1 aliphatic rings. The number of ether oxygens (including phenoxy) is 1. The molecule has 7 heteroatoms. The Morgan fingerprint density at radius 1 is 1.19 bits per heavy atom. The summed E-state index contributed by atoms with van der Waals surface area (Å²) in [4.78, 5) is 5.99. The lowest BCUT2D eigenvalue weighted by Crippen LogP contribution is -2.27. The minimum absolute atomic E-state index is 0.126. The van der Waals surface area contributed by atoms with Crippen LogP contribution in [-0.2, 0) is 16.6 Å². The molecule has 2 heterocycles. The summed E-state index contributed by atoms with van der Waals surface area (Å²) < 4.78 is 32.5. The highest BCUT2D eigenvalue weighted by molar-refractivity contribution is 7.90. The molecule has 0 saturated heterocycles. The lowest BCUT2D eigenvalue weighted by molar-refractivity contribution is 0.414. The van der Waals surface area contributed by atoms with E-state index in [1.165, 1.54) is 12.4 Å². The molecule has 21 heavy (non-hydrogen) atoms. The van der Waals surface area contributed by atoms with E-state index >= 15 is 0 Å². The van der Waals surface area contributed by atoms with Crippen LogP contribution < -0.4 is 9.64 Å². The molecule has 108 valence electrons. The number of sulfonamides is 1. The zero-order valence-electron chi connectivity index (χ0n) is 11.3. The quantitative estimate of drug-likeness (QED) is 0.865. The molecule has 1 aromatic carbocycles. The highest BCUT2D eigenvalue weighted by Gasteiger charge is 2.26. The molecule has 0 radical (unpaired) electrons. The first-order valence-corrected chi connectivity index (χ1v) is 7.69. The van der Waals surface area contributed by atoms with Crippen LogP contribution in [-0.4, -0.2) is 26.9 Å². The standard InChI is InChI=1S/C14H13N3O3S/c1-20-12-6-4-11(5-7-12)9-17-10-16-21(18,19)13-3-2-8-15-14(13)17/h2-8,10H,9H2,1H3. The van der Waals surface area contributed by atoms with Crippen molar-refractivity contribution in [2.75, 3.05) is 12.0 Å². The minimum Gasteiger partial charge on any atom is -0.497 e. The molecule has 0 aliphatic carbocycles. The zero-order valence-corrected chi connectivity index (χ0v) is 12.1. The van der Waals surface area contributed by atoms with Crippen molar-refractivity contribution in [3.05, 3.63) is 48.2 Å². The van der Waals surface area contributed by atoms with Gasteiger partial charge in [0.2, 0.25) is 0 Å². The van der Waals surface area contributed by atoms with Gasteiger partial charge in [-0.15, -0.1) is 4.40 Å². The monoisotopic (exact) mass is 303 g/mol. The van der Waals surface area contributed by atoms with Crippen molar-refractivity contribution in [2.24, 2.45) is 4.40 Å². The summed E-state index contributed by atoms with van der Waals surface area (Å²) in [7, 11) is -2.02. The maximum absolute atomic E-state index is 11.9. The molecule has 1 aliphatic heterocycles. The van der Waals surface area contributed by atoms with E-state index in [-0.39, 0.29) is 4.90 Å². The average molecular weight is 303 g/mol. The van der Waals surface area contributed by atoms with Crippen molar-refractivity contribution in [1.82, 2.24) is 4.98 Å². The number of aromatic nitrogens is 1. The van der Waals surface area contributed by atoms with E-state index in [9.17, 15) is 8.42 Å². The van der Waals surface area contributed by atoms with Gasteiger partial charge in [-0.1, -0.05) is 12.1 Å². The van der Waals surface area contributed by atoms with Gasteiger partial charge in [-0.3, -0.25) is 0 Å². The fraction of sp³-hybridized carbons (Fsp3) is 0.143. The van der Waals surface area contributed by atoms with Crippen molar-refractivity contribution in [3.63, 3.8) is 0 Å². The number of hydrogen-bond donors (Lipinski definition) is 0. The highest BCUT2D eigenvalue weighted by atomic mass is 32.2. The van der Waals surface area contributed by atoms with Crippen LogP contribution in [0.2, 0.25) is 0 Å². The molecule has 0 amide bonds. The Balaban J connectivity index is 1.93. The van der Waals surface area contributed by atoms with E-state index in [4.69, 9.17) is 4.74 Å². The molecule has 0 atom stereocenters. The van der Waals surface area contributed by atoms with Crippen LogP contribution in [0.25, 0.3) is 0 Å². The first-order chi connectivity index (χ1) is 10.1. The summed E-state index contributed by atoms with van der Waals surface area (Å²) >= 11 is 0. The fourth-order valence-corrected chi connectivity index (χ4v) is 3.08. The Morgan fingerprint density at radius 2 is 1.95 bits per heavy atom. The van der Waals surface area contributed by atoms with Gasteiger partial charge in [-0.05, 0) is 29.8 Å². The highest BCUT2D eigenvalue weighted by Crippen LogP contribution is 2.28. The average Bonchev–Trinajstić information content (AvgIpc) is 2.51. The van der Waals surface area contributed by atoms with E-state index in [0.717, 1.165) is 11.3 Å². The van der Waals surface area contributed by atoms with Gasteiger partial charge in [-0.2, -0.15) is 8.42 Å². The molecule has 0 fully saturated rings. The van der Waals surface area contributed by atoms with E-state index < -0.39 is 10.0 Å². The number of anilines is 1. The summed E-state index contributed by atoms with van der Waals surface area (Å²) in [5.74, 6) is 1.16. The number of rotatable bonds is 3. The second kappa shape index (κ2) is 5.17. The predicted molar refractivity (Wildman–Crippen MR) is 79.1 cm³/mol. The Kier molecular flexibility index (Phi) is 3.34. The number of nitrogens with zero attached hydrogens (tertiary/aromatic N) is 3. The van der Waals surface area contributed by atoms with Gasteiger partial charge in [0.15, 0.2) is 5.82 Å². The summed E-state index contributed by atoms with van der Waals surface area (Å²) in [6, 6.07) is 10.6. The molecule has 2 aromatic rings. The third kappa shape index (κ3) is 2.59. The lowest BCUT2D eigenvalue weighted by atomic mass is 10.2. The first kappa shape index (κ1) is 13.6. The normalized spacial score (nSPS) is 15.6. The third-order valence-electron chi connectivity index (χ3n) is 3.14. The van der Waals surface area contributed by atoms with Crippen LogP contribution in [0, 0.1) is 0 Å². The van der Waals surface area contributed by atoms with Gasteiger partial charge < -0.3 is 9.64 Å². The van der Waals surface area contributed by atoms with Crippen LogP contribution in [0.15, 0.2) is 51.9 Å². The zero-order chi connectivity index (χ0) is 14.9. The number of benzene rings is 1. The number of fused-ring (bicyclic) bond motifs is 1. The molecule has 6 nitrogen and oxygen atoms in total. The molecule has 0 N–H and O–H groups in total. The minimum atomic E-state index is -3.63. The van der Waals surface area contributed by atoms with E-state index in [1.54, 1.807) is 24.3 Å². The van der Waals surface area contributed by atoms with Gasteiger partial charge in [0.05, 0.1) is 13.7 Å². The Labute approximate surface area is 122 Å². The summed E-state index contributed by atoms with van der Waals surface area (Å²) in [5, 5.41) is 0. The van der Waals surface area contributed by atoms with Gasteiger partial charge >= 0.3 is 0 Å². The van der Waals surface area contributed by atoms with Crippen LogP contribution in [0.3, 0.4) is 0 Å². The number of pyridine rings is 1. The van der Waals surface area contributed by atoms with Crippen LogP contribution in [0.5, 0.6) is 5.75 Å². The lowest BCUT2D eigenvalue weighted by Gasteiger charge is -2.23. The molecule has 0 spiro atoms. The Hall–Kier alpha value is -2.41. The van der Waals surface area contributed by atoms with Gasteiger partial charge in [0.25, 0.3) is 10.0 Å². The van der Waals surface area contributed by atoms with Crippen molar-refractivity contribution in [2.45, 2.75) is 11.4 Å².